The van der Waals surface area contributed by atoms with Gasteiger partial charge in [-0.2, -0.15) is 0 Å². The number of aryl methyl sites for hydroxylation is 1. The van der Waals surface area contributed by atoms with Crippen LogP contribution in [0.25, 0.3) is 11.1 Å². The first-order valence-electron chi connectivity index (χ1n) is 13.5. The molecule has 0 saturated carbocycles. The fourth-order valence-electron chi connectivity index (χ4n) is 5.54. The molecule has 3 aromatic carbocycles. The number of carbonyl (C=O) groups excluding carboxylic acids is 1. The van der Waals surface area contributed by atoms with Crippen LogP contribution in [0.15, 0.2) is 59.5 Å². The minimum atomic E-state index is -3.96. The standard InChI is InChI=1S/C32H40N2O3S/c1-21(2)29-17-25(28-12-8-10-24-9-7-11-27(24)28)18-30(22(3)4)31(29)19-32(35)33-38(36,37)26-15-13-23(14-16-26)20-34(5)6/h8,10,12-18,21-22H,7,9,11,19-20H2,1-6H3,(H,33,35). The number of benzene rings is 3. The van der Waals surface area contributed by atoms with E-state index >= 15 is 0 Å². The molecule has 6 heteroatoms. The van der Waals surface area contributed by atoms with Crippen molar-refractivity contribution in [1.29, 1.82) is 0 Å². The van der Waals surface area contributed by atoms with Gasteiger partial charge in [-0.15, -0.1) is 0 Å². The molecule has 1 aliphatic rings. The highest BCUT2D eigenvalue weighted by atomic mass is 32.2. The Balaban J connectivity index is 1.64. The summed E-state index contributed by atoms with van der Waals surface area (Å²) >= 11 is 0. The Morgan fingerprint density at radius 1 is 0.921 bits per heavy atom. The Morgan fingerprint density at radius 2 is 1.55 bits per heavy atom. The Labute approximate surface area is 228 Å². The van der Waals surface area contributed by atoms with Crippen molar-refractivity contribution >= 4 is 15.9 Å². The van der Waals surface area contributed by atoms with Gasteiger partial charge in [-0.3, -0.25) is 4.79 Å². The van der Waals surface area contributed by atoms with E-state index in [1.165, 1.54) is 28.7 Å². The quantitative estimate of drug-likeness (QED) is 0.356. The average molecular weight is 533 g/mol. The van der Waals surface area contributed by atoms with Crippen molar-refractivity contribution in [2.45, 2.75) is 76.7 Å². The first kappa shape index (κ1) is 28.1. The predicted octanol–water partition coefficient (Wildman–Crippen LogP) is 6.20. The van der Waals surface area contributed by atoms with Gasteiger partial charge in [0.1, 0.15) is 0 Å². The second-order valence-electron chi connectivity index (χ2n) is 11.3. The van der Waals surface area contributed by atoms with Gasteiger partial charge in [-0.05, 0) is 102 Å². The zero-order valence-electron chi connectivity index (χ0n) is 23.5. The monoisotopic (exact) mass is 532 g/mol. The van der Waals surface area contributed by atoms with E-state index in [1.807, 2.05) is 19.0 Å². The van der Waals surface area contributed by atoms with Gasteiger partial charge >= 0.3 is 0 Å². The average Bonchev–Trinajstić information content (AvgIpc) is 3.32. The lowest BCUT2D eigenvalue weighted by Crippen LogP contribution is -2.32. The number of nitrogens with zero attached hydrogens (tertiary/aromatic N) is 1. The van der Waals surface area contributed by atoms with Crippen molar-refractivity contribution in [2.24, 2.45) is 0 Å². The molecule has 0 fully saturated rings. The maximum Gasteiger partial charge on any atom is 0.264 e. The molecule has 0 aliphatic heterocycles. The molecule has 1 amide bonds. The summed E-state index contributed by atoms with van der Waals surface area (Å²) in [6.45, 7) is 9.24. The summed E-state index contributed by atoms with van der Waals surface area (Å²) in [5.74, 6) is -0.139. The van der Waals surface area contributed by atoms with Gasteiger partial charge in [0.05, 0.1) is 11.3 Å². The van der Waals surface area contributed by atoms with Gasteiger partial charge in [0, 0.05) is 6.54 Å². The lowest BCUT2D eigenvalue weighted by atomic mass is 9.83. The van der Waals surface area contributed by atoms with E-state index in [0.29, 0.717) is 6.54 Å². The van der Waals surface area contributed by atoms with Crippen molar-refractivity contribution in [3.05, 3.63) is 88.0 Å². The smallest absolute Gasteiger partial charge is 0.264 e. The fraction of sp³-hybridized carbons (Fsp3) is 0.406. The number of carbonyl (C=O) groups is 1. The lowest BCUT2D eigenvalue weighted by Gasteiger charge is -2.22. The summed E-state index contributed by atoms with van der Waals surface area (Å²) in [6, 6.07) is 17.7. The molecule has 5 nitrogen and oxygen atoms in total. The van der Waals surface area contributed by atoms with Gasteiger partial charge in [0.25, 0.3) is 10.0 Å². The van der Waals surface area contributed by atoms with Crippen LogP contribution in [0.5, 0.6) is 0 Å². The van der Waals surface area contributed by atoms with Crippen LogP contribution in [0, 0.1) is 0 Å². The molecule has 3 aromatic rings. The molecule has 1 aliphatic carbocycles. The molecular formula is C32H40N2O3S. The molecule has 0 unspecified atom stereocenters. The highest BCUT2D eigenvalue weighted by Crippen LogP contribution is 2.38. The van der Waals surface area contributed by atoms with Crippen molar-refractivity contribution in [1.82, 2.24) is 9.62 Å². The zero-order valence-corrected chi connectivity index (χ0v) is 24.3. The van der Waals surface area contributed by atoms with Gasteiger partial charge in [-0.25, -0.2) is 13.1 Å². The molecule has 0 atom stereocenters. The Morgan fingerprint density at radius 3 is 2.13 bits per heavy atom. The fourth-order valence-corrected chi connectivity index (χ4v) is 6.53. The first-order valence-corrected chi connectivity index (χ1v) is 15.0. The van der Waals surface area contributed by atoms with Crippen LogP contribution in [0.2, 0.25) is 0 Å². The molecule has 0 bridgehead atoms. The molecule has 202 valence electrons. The molecule has 1 N–H and O–H groups in total. The number of fused-ring (bicyclic) bond motifs is 1. The third-order valence-electron chi connectivity index (χ3n) is 7.34. The third kappa shape index (κ3) is 6.19. The maximum absolute atomic E-state index is 13.2. The van der Waals surface area contributed by atoms with E-state index in [1.54, 1.807) is 24.3 Å². The lowest BCUT2D eigenvalue weighted by molar-refractivity contribution is -0.118. The molecule has 0 spiro atoms. The number of hydrogen-bond acceptors (Lipinski definition) is 4. The Kier molecular flexibility index (Phi) is 8.43. The van der Waals surface area contributed by atoms with Gasteiger partial charge in [0.2, 0.25) is 5.91 Å². The summed E-state index contributed by atoms with van der Waals surface area (Å²) in [6.07, 6.45) is 3.43. The predicted molar refractivity (Wildman–Crippen MR) is 155 cm³/mol. The van der Waals surface area contributed by atoms with Crippen LogP contribution < -0.4 is 4.72 Å². The van der Waals surface area contributed by atoms with E-state index in [-0.39, 0.29) is 23.2 Å². The van der Waals surface area contributed by atoms with E-state index in [0.717, 1.165) is 35.1 Å². The van der Waals surface area contributed by atoms with Crippen LogP contribution >= 0.6 is 0 Å². The topological polar surface area (TPSA) is 66.5 Å². The third-order valence-corrected chi connectivity index (χ3v) is 8.73. The van der Waals surface area contributed by atoms with E-state index in [4.69, 9.17) is 0 Å². The number of nitrogens with one attached hydrogen (secondary N) is 1. The number of amides is 1. The van der Waals surface area contributed by atoms with Gasteiger partial charge in [0.15, 0.2) is 0 Å². The maximum atomic E-state index is 13.2. The van der Waals surface area contributed by atoms with Crippen LogP contribution in [0.4, 0.5) is 0 Å². The van der Waals surface area contributed by atoms with Crippen LogP contribution in [0.3, 0.4) is 0 Å². The van der Waals surface area contributed by atoms with E-state index < -0.39 is 15.9 Å². The first-order chi connectivity index (χ1) is 18.0. The molecule has 0 aromatic heterocycles. The van der Waals surface area contributed by atoms with Gasteiger partial charge < -0.3 is 4.90 Å². The van der Waals surface area contributed by atoms with Crippen LogP contribution in [-0.4, -0.2) is 33.3 Å². The number of sulfonamides is 1. The molecule has 0 heterocycles. The molecule has 0 radical (unpaired) electrons. The van der Waals surface area contributed by atoms with Crippen molar-refractivity contribution < 1.29 is 13.2 Å². The summed E-state index contributed by atoms with van der Waals surface area (Å²) in [4.78, 5) is 15.3. The number of hydrogen-bond donors (Lipinski definition) is 1. The summed E-state index contributed by atoms with van der Waals surface area (Å²) in [5, 5.41) is 0. The minimum absolute atomic E-state index is 0.0200. The SMILES string of the molecule is CC(C)c1cc(-c2cccc3c2CCC3)cc(C(C)C)c1CC(=O)NS(=O)(=O)c1ccc(CN(C)C)cc1. The highest BCUT2D eigenvalue weighted by Gasteiger charge is 2.24. The van der Waals surface area contributed by atoms with Crippen LogP contribution in [0.1, 0.15) is 79.3 Å². The second kappa shape index (κ2) is 11.4. The molecule has 0 saturated heterocycles. The summed E-state index contributed by atoms with van der Waals surface area (Å²) < 4.78 is 28.3. The van der Waals surface area contributed by atoms with Gasteiger partial charge in [-0.1, -0.05) is 70.2 Å². The Bertz CT molecular complexity index is 1390. The van der Waals surface area contributed by atoms with E-state index in [9.17, 15) is 13.2 Å². The minimum Gasteiger partial charge on any atom is -0.305 e. The number of rotatable bonds is 9. The summed E-state index contributed by atoms with van der Waals surface area (Å²) in [7, 11) is -0.0442. The molecular weight excluding hydrogens is 492 g/mol. The van der Waals surface area contributed by atoms with E-state index in [2.05, 4.69) is 62.7 Å². The summed E-state index contributed by atoms with van der Waals surface area (Å²) in [5.41, 5.74) is 9.47. The molecule has 4 rings (SSSR count). The second-order valence-corrected chi connectivity index (χ2v) is 13.0. The normalized spacial score (nSPS) is 13.4. The van der Waals surface area contributed by atoms with Crippen LogP contribution in [-0.2, 0) is 40.6 Å². The van der Waals surface area contributed by atoms with Crippen molar-refractivity contribution in [2.75, 3.05) is 14.1 Å². The molecule has 38 heavy (non-hydrogen) atoms. The van der Waals surface area contributed by atoms with Crippen molar-refractivity contribution in [3.8, 4) is 11.1 Å². The zero-order chi connectivity index (χ0) is 27.6. The Hall–Kier alpha value is -2.96. The largest absolute Gasteiger partial charge is 0.305 e. The highest BCUT2D eigenvalue weighted by molar-refractivity contribution is 7.90. The van der Waals surface area contributed by atoms with Crippen molar-refractivity contribution in [3.63, 3.8) is 0 Å².